The highest BCUT2D eigenvalue weighted by molar-refractivity contribution is 9.10. The molecule has 1 amide bonds. The van der Waals surface area contributed by atoms with Gasteiger partial charge in [-0.15, -0.1) is 0 Å². The first-order valence-corrected chi connectivity index (χ1v) is 5.86. The molecule has 0 fully saturated rings. The predicted octanol–water partition coefficient (Wildman–Crippen LogP) is 2.71. The average molecular weight is 295 g/mol. The summed E-state index contributed by atoms with van der Waals surface area (Å²) in [6.45, 7) is 0.470. The van der Waals surface area contributed by atoms with Crippen LogP contribution in [0.5, 0.6) is 0 Å². The van der Waals surface area contributed by atoms with E-state index in [1.165, 1.54) is 6.26 Å². The molecule has 0 radical (unpaired) electrons. The van der Waals surface area contributed by atoms with Crippen LogP contribution in [0.1, 0.15) is 16.1 Å². The maximum Gasteiger partial charge on any atom is 0.258 e. The number of pyridine rings is 1. The Kier molecular flexibility index (Phi) is 3.58. The van der Waals surface area contributed by atoms with Gasteiger partial charge in [0.05, 0.1) is 24.1 Å². The van der Waals surface area contributed by atoms with Crippen LogP contribution in [-0.4, -0.2) is 22.8 Å². The Morgan fingerprint density at radius 1 is 1.47 bits per heavy atom. The summed E-state index contributed by atoms with van der Waals surface area (Å²) in [7, 11) is 1.73. The van der Waals surface area contributed by atoms with Crippen LogP contribution >= 0.6 is 15.9 Å². The third-order valence-corrected chi connectivity index (χ3v) is 2.93. The molecule has 2 aromatic rings. The second-order valence-corrected chi connectivity index (χ2v) is 4.31. The van der Waals surface area contributed by atoms with Crippen molar-refractivity contribution in [1.82, 2.24) is 9.88 Å². The van der Waals surface area contributed by atoms with Crippen LogP contribution in [0, 0.1) is 0 Å². The molecule has 88 valence electrons. The van der Waals surface area contributed by atoms with Crippen LogP contribution in [-0.2, 0) is 6.54 Å². The summed E-state index contributed by atoms with van der Waals surface area (Å²) in [5, 5.41) is 0. The number of halogens is 1. The summed E-state index contributed by atoms with van der Waals surface area (Å²) in [5.41, 5.74) is 1.37. The lowest BCUT2D eigenvalue weighted by Crippen LogP contribution is -2.26. The van der Waals surface area contributed by atoms with E-state index in [0.717, 1.165) is 5.69 Å². The first kappa shape index (κ1) is 11.9. The Bertz CT molecular complexity index is 510. The highest BCUT2D eigenvalue weighted by Gasteiger charge is 2.17. The second-order valence-electron chi connectivity index (χ2n) is 3.59. The van der Waals surface area contributed by atoms with Crippen molar-refractivity contribution in [1.29, 1.82) is 0 Å². The lowest BCUT2D eigenvalue weighted by atomic mass is 10.3. The summed E-state index contributed by atoms with van der Waals surface area (Å²) < 4.78 is 5.49. The van der Waals surface area contributed by atoms with Gasteiger partial charge < -0.3 is 9.32 Å². The van der Waals surface area contributed by atoms with Crippen molar-refractivity contribution in [2.75, 3.05) is 7.05 Å². The topological polar surface area (TPSA) is 46.3 Å². The standard InChI is InChI=1S/C12H11BrN2O2/c1-15(8-9-4-2-3-6-14-9)12(16)10-5-7-17-11(10)13/h2-7H,8H2,1H3. The zero-order valence-corrected chi connectivity index (χ0v) is 10.8. The van der Waals surface area contributed by atoms with E-state index < -0.39 is 0 Å². The number of hydrogen-bond acceptors (Lipinski definition) is 3. The van der Waals surface area contributed by atoms with E-state index in [0.29, 0.717) is 16.8 Å². The molecule has 2 aromatic heterocycles. The number of carbonyl (C=O) groups is 1. The minimum Gasteiger partial charge on any atom is -0.457 e. The number of hydrogen-bond donors (Lipinski definition) is 0. The Hall–Kier alpha value is -1.62. The maximum atomic E-state index is 12.0. The first-order valence-electron chi connectivity index (χ1n) is 5.07. The molecule has 0 aliphatic rings. The molecule has 0 aliphatic carbocycles. The molecule has 0 aromatic carbocycles. The van der Waals surface area contributed by atoms with Crippen LogP contribution in [0.25, 0.3) is 0 Å². The Labute approximate surface area is 107 Å². The van der Waals surface area contributed by atoms with E-state index in [2.05, 4.69) is 20.9 Å². The molecule has 0 spiro atoms. The fraction of sp³-hybridized carbons (Fsp3) is 0.167. The molecule has 0 atom stereocenters. The van der Waals surface area contributed by atoms with Gasteiger partial charge in [0.25, 0.3) is 5.91 Å². The van der Waals surface area contributed by atoms with Crippen molar-refractivity contribution in [2.45, 2.75) is 6.54 Å². The molecule has 2 rings (SSSR count). The molecule has 2 heterocycles. The van der Waals surface area contributed by atoms with Crippen molar-refractivity contribution in [2.24, 2.45) is 0 Å². The molecule has 0 bridgehead atoms. The largest absolute Gasteiger partial charge is 0.457 e. The van der Waals surface area contributed by atoms with Gasteiger partial charge in [0.15, 0.2) is 4.67 Å². The minimum atomic E-state index is -0.101. The van der Waals surface area contributed by atoms with Gasteiger partial charge in [-0.1, -0.05) is 6.07 Å². The first-order chi connectivity index (χ1) is 8.18. The number of carbonyl (C=O) groups excluding carboxylic acids is 1. The van der Waals surface area contributed by atoms with Crippen molar-refractivity contribution < 1.29 is 9.21 Å². The van der Waals surface area contributed by atoms with Gasteiger partial charge in [-0.2, -0.15) is 0 Å². The van der Waals surface area contributed by atoms with Crippen LogP contribution < -0.4 is 0 Å². The van der Waals surface area contributed by atoms with E-state index in [1.807, 2.05) is 18.2 Å². The zero-order valence-electron chi connectivity index (χ0n) is 9.26. The van der Waals surface area contributed by atoms with Crippen molar-refractivity contribution in [3.05, 3.63) is 52.7 Å². The summed E-state index contributed by atoms with van der Waals surface area (Å²) in [4.78, 5) is 17.8. The van der Waals surface area contributed by atoms with Gasteiger partial charge in [0.1, 0.15) is 0 Å². The van der Waals surface area contributed by atoms with E-state index in [9.17, 15) is 4.79 Å². The van der Waals surface area contributed by atoms with E-state index in [-0.39, 0.29) is 5.91 Å². The molecule has 4 nitrogen and oxygen atoms in total. The van der Waals surface area contributed by atoms with Crippen LogP contribution in [0.2, 0.25) is 0 Å². The van der Waals surface area contributed by atoms with Gasteiger partial charge in [-0.3, -0.25) is 9.78 Å². The summed E-state index contributed by atoms with van der Waals surface area (Å²) in [6, 6.07) is 7.27. The molecule has 5 heteroatoms. The molecule has 0 saturated heterocycles. The number of amides is 1. The summed E-state index contributed by atoms with van der Waals surface area (Å²) in [6.07, 6.45) is 3.19. The molecule has 0 aliphatic heterocycles. The molecule has 0 saturated carbocycles. The molecule has 0 N–H and O–H groups in total. The number of rotatable bonds is 3. The second kappa shape index (κ2) is 5.14. The van der Waals surface area contributed by atoms with E-state index in [1.54, 1.807) is 24.2 Å². The Morgan fingerprint density at radius 3 is 2.88 bits per heavy atom. The third kappa shape index (κ3) is 2.74. The highest BCUT2D eigenvalue weighted by Crippen LogP contribution is 2.19. The zero-order chi connectivity index (χ0) is 12.3. The van der Waals surface area contributed by atoms with Gasteiger partial charge >= 0.3 is 0 Å². The van der Waals surface area contributed by atoms with Crippen LogP contribution in [0.3, 0.4) is 0 Å². The van der Waals surface area contributed by atoms with Crippen molar-refractivity contribution in [3.8, 4) is 0 Å². The Morgan fingerprint density at radius 2 is 2.29 bits per heavy atom. The average Bonchev–Trinajstić information content (AvgIpc) is 2.76. The number of furan rings is 1. The quantitative estimate of drug-likeness (QED) is 0.874. The minimum absolute atomic E-state index is 0.101. The van der Waals surface area contributed by atoms with Gasteiger partial charge in [-0.05, 0) is 34.1 Å². The number of aromatic nitrogens is 1. The van der Waals surface area contributed by atoms with Crippen molar-refractivity contribution in [3.63, 3.8) is 0 Å². The lowest BCUT2D eigenvalue weighted by molar-refractivity contribution is 0.0781. The smallest absolute Gasteiger partial charge is 0.258 e. The fourth-order valence-electron chi connectivity index (χ4n) is 1.46. The third-order valence-electron chi connectivity index (χ3n) is 2.32. The van der Waals surface area contributed by atoms with Crippen LogP contribution in [0.15, 0.2) is 45.8 Å². The monoisotopic (exact) mass is 294 g/mol. The maximum absolute atomic E-state index is 12.0. The van der Waals surface area contributed by atoms with Gasteiger partial charge in [0.2, 0.25) is 0 Å². The SMILES string of the molecule is CN(Cc1ccccn1)C(=O)c1ccoc1Br. The fourth-order valence-corrected chi connectivity index (χ4v) is 1.87. The summed E-state index contributed by atoms with van der Waals surface area (Å²) in [5.74, 6) is -0.101. The van der Waals surface area contributed by atoms with E-state index in [4.69, 9.17) is 4.42 Å². The normalized spacial score (nSPS) is 10.2. The predicted molar refractivity (Wildman–Crippen MR) is 66.4 cm³/mol. The van der Waals surface area contributed by atoms with Crippen molar-refractivity contribution >= 4 is 21.8 Å². The number of nitrogens with zero attached hydrogens (tertiary/aromatic N) is 2. The van der Waals surface area contributed by atoms with Crippen LogP contribution in [0.4, 0.5) is 0 Å². The molecular weight excluding hydrogens is 284 g/mol. The molecule has 17 heavy (non-hydrogen) atoms. The summed E-state index contributed by atoms with van der Waals surface area (Å²) >= 11 is 3.19. The highest BCUT2D eigenvalue weighted by atomic mass is 79.9. The van der Waals surface area contributed by atoms with Gasteiger partial charge in [-0.25, -0.2) is 0 Å². The Balaban J connectivity index is 2.09. The molecule has 0 unspecified atom stereocenters. The van der Waals surface area contributed by atoms with E-state index >= 15 is 0 Å². The van der Waals surface area contributed by atoms with Gasteiger partial charge in [0, 0.05) is 13.2 Å². The molecular formula is C12H11BrN2O2. The lowest BCUT2D eigenvalue weighted by Gasteiger charge is -2.15.